The van der Waals surface area contributed by atoms with Crippen LogP contribution in [0.15, 0.2) is 36.4 Å². The number of aromatic nitrogens is 1. The summed E-state index contributed by atoms with van der Waals surface area (Å²) in [5, 5.41) is 0.733. The first kappa shape index (κ1) is 23.0. The zero-order valence-corrected chi connectivity index (χ0v) is 19.3. The fourth-order valence-electron chi connectivity index (χ4n) is 3.58. The molecule has 0 unspecified atom stereocenters. The van der Waals surface area contributed by atoms with Gasteiger partial charge in [-0.15, -0.1) is 0 Å². The van der Waals surface area contributed by atoms with Crippen LogP contribution in [0.25, 0.3) is 10.9 Å². The summed E-state index contributed by atoms with van der Waals surface area (Å²) in [5.74, 6) is 1.39. The molecule has 2 aromatic carbocycles. The number of benzene rings is 2. The van der Waals surface area contributed by atoms with Crippen molar-refractivity contribution in [2.24, 2.45) is 0 Å². The number of amides is 2. The highest BCUT2D eigenvalue weighted by Crippen LogP contribution is 2.41. The third-order valence-electron chi connectivity index (χ3n) is 5.32. The van der Waals surface area contributed by atoms with Crippen LogP contribution in [-0.4, -0.2) is 68.6 Å². The highest BCUT2D eigenvalue weighted by Gasteiger charge is 2.22. The van der Waals surface area contributed by atoms with Gasteiger partial charge in [-0.25, -0.2) is 0 Å². The van der Waals surface area contributed by atoms with Crippen LogP contribution >= 0.6 is 0 Å². The van der Waals surface area contributed by atoms with Gasteiger partial charge in [0.05, 0.1) is 26.8 Å². The predicted octanol–water partition coefficient (Wildman–Crippen LogP) is 3.56. The summed E-state index contributed by atoms with van der Waals surface area (Å²) in [5.41, 5.74) is 2.60. The Morgan fingerprint density at radius 3 is 2.09 bits per heavy atom. The van der Waals surface area contributed by atoms with Gasteiger partial charge >= 0.3 is 0 Å². The molecule has 2 amide bonds. The highest BCUT2D eigenvalue weighted by atomic mass is 16.5. The van der Waals surface area contributed by atoms with E-state index in [1.54, 1.807) is 64.6 Å². The van der Waals surface area contributed by atoms with E-state index in [4.69, 9.17) is 14.2 Å². The fraction of sp³-hybridized carbons (Fsp3) is 0.333. The largest absolute Gasteiger partial charge is 0.496 e. The molecule has 0 aliphatic heterocycles. The second-order valence-electron chi connectivity index (χ2n) is 7.50. The molecule has 170 valence electrons. The molecule has 32 heavy (non-hydrogen) atoms. The summed E-state index contributed by atoms with van der Waals surface area (Å²) >= 11 is 0. The lowest BCUT2D eigenvalue weighted by Gasteiger charge is -2.20. The number of carbonyl (C=O) groups excluding carboxylic acids is 2. The number of H-pyrrole nitrogens is 1. The number of ether oxygens (including phenoxy) is 3. The zero-order chi connectivity index (χ0) is 23.4. The first-order valence-corrected chi connectivity index (χ1v) is 10.3. The van der Waals surface area contributed by atoms with Crippen molar-refractivity contribution in [2.45, 2.75) is 13.5 Å². The molecule has 0 saturated heterocycles. The van der Waals surface area contributed by atoms with Crippen LogP contribution in [0.4, 0.5) is 0 Å². The summed E-state index contributed by atoms with van der Waals surface area (Å²) in [7, 11) is 8.10. The smallest absolute Gasteiger partial charge is 0.270 e. The van der Waals surface area contributed by atoms with Crippen molar-refractivity contribution in [2.75, 3.05) is 42.0 Å². The van der Waals surface area contributed by atoms with Crippen molar-refractivity contribution < 1.29 is 23.8 Å². The first-order chi connectivity index (χ1) is 15.3. The van der Waals surface area contributed by atoms with E-state index in [-0.39, 0.29) is 11.8 Å². The summed E-state index contributed by atoms with van der Waals surface area (Å²) in [6.45, 7) is 2.86. The van der Waals surface area contributed by atoms with Crippen LogP contribution in [0.2, 0.25) is 0 Å². The van der Waals surface area contributed by atoms with Crippen molar-refractivity contribution >= 4 is 22.7 Å². The van der Waals surface area contributed by atoms with E-state index < -0.39 is 0 Å². The van der Waals surface area contributed by atoms with Crippen LogP contribution < -0.4 is 14.2 Å². The van der Waals surface area contributed by atoms with Gasteiger partial charge in [-0.3, -0.25) is 9.59 Å². The number of hydrogen-bond donors (Lipinski definition) is 1. The van der Waals surface area contributed by atoms with Crippen molar-refractivity contribution in [3.63, 3.8) is 0 Å². The Morgan fingerprint density at radius 2 is 1.56 bits per heavy atom. The van der Waals surface area contributed by atoms with Crippen molar-refractivity contribution in [1.29, 1.82) is 0 Å². The normalized spacial score (nSPS) is 10.7. The van der Waals surface area contributed by atoms with E-state index in [1.165, 1.54) is 4.90 Å². The minimum absolute atomic E-state index is 0.0589. The molecule has 0 spiro atoms. The van der Waals surface area contributed by atoms with E-state index >= 15 is 0 Å². The van der Waals surface area contributed by atoms with Gasteiger partial charge in [-0.1, -0.05) is 12.1 Å². The standard InChI is InChI=1S/C24H29N3O5/c1-7-27(14-15-8-10-16(11-9-15)23(28)26(2)3)24(29)18-12-17-19(30-4)13-20(31-5)22(32-6)21(17)25-18/h8-13,25H,7,14H2,1-6H3. The topological polar surface area (TPSA) is 84.1 Å². The molecule has 0 aliphatic rings. The summed E-state index contributed by atoms with van der Waals surface area (Å²) in [6.07, 6.45) is 0. The summed E-state index contributed by atoms with van der Waals surface area (Å²) < 4.78 is 16.4. The molecule has 1 aromatic heterocycles. The minimum atomic E-state index is -0.153. The van der Waals surface area contributed by atoms with Gasteiger partial charge in [-0.2, -0.15) is 0 Å². The van der Waals surface area contributed by atoms with E-state index in [0.717, 1.165) is 10.9 Å². The number of fused-ring (bicyclic) bond motifs is 1. The monoisotopic (exact) mass is 439 g/mol. The molecule has 1 N–H and O–H groups in total. The van der Waals surface area contributed by atoms with E-state index in [2.05, 4.69) is 4.98 Å². The van der Waals surface area contributed by atoms with Gasteiger partial charge < -0.3 is 29.0 Å². The number of carbonyl (C=O) groups is 2. The van der Waals surface area contributed by atoms with Crippen LogP contribution in [0.5, 0.6) is 17.2 Å². The number of nitrogens with one attached hydrogen (secondary N) is 1. The molecule has 8 heteroatoms. The molecule has 3 aromatic rings. The summed E-state index contributed by atoms with van der Waals surface area (Å²) in [6, 6.07) is 10.8. The maximum atomic E-state index is 13.3. The highest BCUT2D eigenvalue weighted by molar-refractivity contribution is 6.02. The second kappa shape index (κ2) is 9.64. The molecule has 0 radical (unpaired) electrons. The molecule has 0 atom stereocenters. The Hall–Kier alpha value is -3.68. The lowest BCUT2D eigenvalue weighted by Crippen LogP contribution is -2.30. The van der Waals surface area contributed by atoms with E-state index in [1.807, 2.05) is 19.1 Å². The van der Waals surface area contributed by atoms with Crippen molar-refractivity contribution in [1.82, 2.24) is 14.8 Å². The maximum Gasteiger partial charge on any atom is 0.270 e. The van der Waals surface area contributed by atoms with Crippen LogP contribution in [0.3, 0.4) is 0 Å². The lowest BCUT2D eigenvalue weighted by molar-refractivity contribution is 0.0746. The number of aromatic amines is 1. The molecule has 8 nitrogen and oxygen atoms in total. The molecule has 0 aliphatic carbocycles. The lowest BCUT2D eigenvalue weighted by atomic mass is 10.1. The van der Waals surface area contributed by atoms with Gasteiger partial charge in [0.1, 0.15) is 11.4 Å². The van der Waals surface area contributed by atoms with Crippen LogP contribution in [-0.2, 0) is 6.54 Å². The molecule has 3 rings (SSSR count). The third-order valence-corrected chi connectivity index (χ3v) is 5.32. The zero-order valence-electron chi connectivity index (χ0n) is 19.3. The van der Waals surface area contributed by atoms with E-state index in [9.17, 15) is 9.59 Å². The Kier molecular flexibility index (Phi) is 6.92. The first-order valence-electron chi connectivity index (χ1n) is 10.3. The molecule has 0 bridgehead atoms. The summed E-state index contributed by atoms with van der Waals surface area (Å²) in [4.78, 5) is 31.8. The SMILES string of the molecule is CCN(Cc1ccc(C(=O)N(C)C)cc1)C(=O)c1cc2c(OC)cc(OC)c(OC)c2[nH]1. The number of rotatable bonds is 8. The molecule has 0 saturated carbocycles. The van der Waals surface area contributed by atoms with Gasteiger partial charge in [0.2, 0.25) is 0 Å². The Labute approximate surface area is 187 Å². The fourth-order valence-corrected chi connectivity index (χ4v) is 3.58. The Balaban J connectivity index is 1.90. The van der Waals surface area contributed by atoms with Gasteiger partial charge in [0.25, 0.3) is 11.8 Å². The van der Waals surface area contributed by atoms with Gasteiger partial charge in [0, 0.05) is 44.2 Å². The molecular formula is C24H29N3O5. The van der Waals surface area contributed by atoms with E-state index in [0.29, 0.717) is 47.1 Å². The number of hydrogen-bond acceptors (Lipinski definition) is 5. The minimum Gasteiger partial charge on any atom is -0.496 e. The predicted molar refractivity (Wildman–Crippen MR) is 123 cm³/mol. The quantitative estimate of drug-likeness (QED) is 0.580. The molecular weight excluding hydrogens is 410 g/mol. The molecule has 1 heterocycles. The average Bonchev–Trinajstić information content (AvgIpc) is 3.26. The van der Waals surface area contributed by atoms with Gasteiger partial charge in [-0.05, 0) is 30.7 Å². The third kappa shape index (κ3) is 4.34. The van der Waals surface area contributed by atoms with Crippen LogP contribution in [0, 0.1) is 0 Å². The second-order valence-corrected chi connectivity index (χ2v) is 7.50. The van der Waals surface area contributed by atoms with Crippen molar-refractivity contribution in [3.05, 3.63) is 53.2 Å². The maximum absolute atomic E-state index is 13.3. The Bertz CT molecular complexity index is 1120. The van der Waals surface area contributed by atoms with Crippen molar-refractivity contribution in [3.8, 4) is 17.2 Å². The van der Waals surface area contributed by atoms with Gasteiger partial charge in [0.15, 0.2) is 11.5 Å². The number of methoxy groups -OCH3 is 3. The average molecular weight is 440 g/mol. The Morgan fingerprint density at radius 1 is 0.906 bits per heavy atom. The number of nitrogens with zero attached hydrogens (tertiary/aromatic N) is 2. The molecule has 0 fully saturated rings. The van der Waals surface area contributed by atoms with Crippen LogP contribution in [0.1, 0.15) is 33.3 Å².